The van der Waals surface area contributed by atoms with Gasteiger partial charge in [-0.05, 0) is 52.0 Å². The summed E-state index contributed by atoms with van der Waals surface area (Å²) in [6, 6.07) is 10.8. The first-order valence-corrected chi connectivity index (χ1v) is 10.1. The lowest BCUT2D eigenvalue weighted by atomic mass is 9.67. The maximum Gasteiger partial charge on any atom is 0.244 e. The smallest absolute Gasteiger partial charge is 0.244 e. The van der Waals surface area contributed by atoms with Crippen molar-refractivity contribution in [3.63, 3.8) is 0 Å². The van der Waals surface area contributed by atoms with Crippen molar-refractivity contribution in [3.05, 3.63) is 52.5 Å². The number of hydrogen-bond donors (Lipinski definition) is 2. The van der Waals surface area contributed by atoms with Crippen molar-refractivity contribution >= 4 is 11.8 Å². The molecule has 1 aromatic heterocycles. The molecule has 6 nitrogen and oxygen atoms in total. The van der Waals surface area contributed by atoms with Crippen molar-refractivity contribution in [1.82, 2.24) is 15.1 Å². The van der Waals surface area contributed by atoms with Crippen LogP contribution in [0.15, 0.2) is 40.6 Å². The van der Waals surface area contributed by atoms with Gasteiger partial charge in [0.25, 0.3) is 0 Å². The van der Waals surface area contributed by atoms with Crippen LogP contribution in [0.2, 0.25) is 0 Å². The number of nitrogens with one attached hydrogen (secondary N) is 1. The number of aromatic nitrogens is 2. The SMILES string of the molecule is Cc1ccc(SCc2[nH]nc3c2C2(CCN(C)CC2)C(C#N)=C(N)O3)cc1. The summed E-state index contributed by atoms with van der Waals surface area (Å²) < 4.78 is 5.71. The highest BCUT2D eigenvalue weighted by Gasteiger charge is 2.48. The molecule has 140 valence electrons. The zero-order valence-electron chi connectivity index (χ0n) is 15.6. The molecule has 3 heterocycles. The van der Waals surface area contributed by atoms with E-state index in [1.807, 2.05) is 0 Å². The molecule has 1 fully saturated rings. The number of benzene rings is 1. The van der Waals surface area contributed by atoms with Crippen molar-refractivity contribution in [2.24, 2.45) is 5.73 Å². The van der Waals surface area contributed by atoms with Gasteiger partial charge in [-0.3, -0.25) is 5.10 Å². The maximum atomic E-state index is 9.82. The van der Waals surface area contributed by atoms with Gasteiger partial charge in [0, 0.05) is 21.6 Å². The monoisotopic (exact) mass is 381 g/mol. The quantitative estimate of drug-likeness (QED) is 0.794. The summed E-state index contributed by atoms with van der Waals surface area (Å²) in [7, 11) is 2.11. The Bertz CT molecular complexity index is 917. The zero-order valence-corrected chi connectivity index (χ0v) is 16.4. The Morgan fingerprint density at radius 3 is 2.70 bits per heavy atom. The minimum Gasteiger partial charge on any atom is -0.420 e. The molecule has 2 aliphatic rings. The van der Waals surface area contributed by atoms with Crippen LogP contribution < -0.4 is 10.5 Å². The van der Waals surface area contributed by atoms with E-state index in [-0.39, 0.29) is 5.88 Å². The molecule has 3 N–H and O–H groups in total. The molecule has 0 aliphatic carbocycles. The second-order valence-corrected chi connectivity index (χ2v) is 8.37. The van der Waals surface area contributed by atoms with Crippen LogP contribution in [-0.2, 0) is 11.2 Å². The summed E-state index contributed by atoms with van der Waals surface area (Å²) in [5.74, 6) is 1.46. The number of likely N-dealkylation sites (tertiary alicyclic amines) is 1. The van der Waals surface area contributed by atoms with Crippen molar-refractivity contribution in [1.29, 1.82) is 5.26 Å². The summed E-state index contributed by atoms with van der Waals surface area (Å²) in [6.45, 7) is 3.91. The molecule has 1 saturated heterocycles. The molecule has 0 amide bonds. The third-order valence-corrected chi connectivity index (χ3v) is 6.61. The number of allylic oxidation sites excluding steroid dienone is 1. The Labute approximate surface area is 163 Å². The third kappa shape index (κ3) is 3.09. The van der Waals surface area contributed by atoms with Crippen LogP contribution >= 0.6 is 11.8 Å². The van der Waals surface area contributed by atoms with Crippen molar-refractivity contribution in [2.75, 3.05) is 20.1 Å². The second kappa shape index (κ2) is 6.95. The van der Waals surface area contributed by atoms with Crippen LogP contribution in [0.5, 0.6) is 5.88 Å². The Morgan fingerprint density at radius 2 is 2.04 bits per heavy atom. The predicted octanol–water partition coefficient (Wildman–Crippen LogP) is 3.06. The van der Waals surface area contributed by atoms with Gasteiger partial charge >= 0.3 is 0 Å². The van der Waals surface area contributed by atoms with E-state index in [9.17, 15) is 5.26 Å². The maximum absolute atomic E-state index is 9.82. The van der Waals surface area contributed by atoms with E-state index in [1.54, 1.807) is 11.8 Å². The van der Waals surface area contributed by atoms with Crippen LogP contribution in [0.3, 0.4) is 0 Å². The molecule has 0 atom stereocenters. The summed E-state index contributed by atoms with van der Waals surface area (Å²) in [4.78, 5) is 3.49. The molecule has 0 unspecified atom stereocenters. The largest absolute Gasteiger partial charge is 0.420 e. The van der Waals surface area contributed by atoms with Gasteiger partial charge in [0.05, 0.1) is 5.69 Å². The molecule has 2 aliphatic heterocycles. The number of piperidine rings is 1. The van der Waals surface area contributed by atoms with Crippen LogP contribution in [0.1, 0.15) is 29.7 Å². The number of nitriles is 1. The van der Waals surface area contributed by atoms with Crippen LogP contribution in [0.4, 0.5) is 0 Å². The molecule has 0 bridgehead atoms. The van der Waals surface area contributed by atoms with Gasteiger partial charge in [0.2, 0.25) is 11.8 Å². The fourth-order valence-corrected chi connectivity index (χ4v) is 4.85. The highest BCUT2D eigenvalue weighted by Crippen LogP contribution is 2.50. The average Bonchev–Trinajstić information content (AvgIpc) is 3.07. The molecular weight excluding hydrogens is 358 g/mol. The molecule has 4 rings (SSSR count). The molecule has 2 aromatic rings. The number of nitrogens with two attached hydrogens (primary N) is 1. The average molecular weight is 382 g/mol. The standard InChI is InChI=1S/C20H23N5OS/c1-13-3-5-14(6-4-13)27-12-16-17-19(24-23-16)26-18(22)15(11-21)20(17)7-9-25(2)10-8-20/h3-6H,7-10,12,22H2,1-2H3,(H,23,24). The molecule has 7 heteroatoms. The topological polar surface area (TPSA) is 91.0 Å². The van der Waals surface area contributed by atoms with Gasteiger partial charge < -0.3 is 15.4 Å². The van der Waals surface area contributed by atoms with Crippen LogP contribution in [0.25, 0.3) is 0 Å². The zero-order chi connectivity index (χ0) is 19.0. The van der Waals surface area contributed by atoms with Crippen LogP contribution in [0, 0.1) is 18.3 Å². The number of rotatable bonds is 3. The third-order valence-electron chi connectivity index (χ3n) is 5.57. The van der Waals surface area contributed by atoms with Crippen molar-refractivity contribution < 1.29 is 4.74 Å². The molecule has 0 radical (unpaired) electrons. The van der Waals surface area contributed by atoms with Crippen molar-refractivity contribution in [2.45, 2.75) is 35.8 Å². The molecule has 27 heavy (non-hydrogen) atoms. The number of H-pyrrole nitrogens is 1. The lowest BCUT2D eigenvalue weighted by Gasteiger charge is -2.42. The minimum absolute atomic E-state index is 0.193. The van der Waals surface area contributed by atoms with Crippen LogP contribution in [-0.4, -0.2) is 35.2 Å². The number of hydrogen-bond acceptors (Lipinski definition) is 6. The first-order chi connectivity index (χ1) is 13.0. The summed E-state index contributed by atoms with van der Waals surface area (Å²) >= 11 is 1.75. The highest BCUT2D eigenvalue weighted by atomic mass is 32.2. The van der Waals surface area contributed by atoms with E-state index in [0.717, 1.165) is 42.9 Å². The van der Waals surface area contributed by atoms with Gasteiger partial charge in [-0.15, -0.1) is 16.9 Å². The Kier molecular flexibility index (Phi) is 4.62. The lowest BCUT2D eigenvalue weighted by Crippen LogP contribution is -2.45. The first kappa shape index (κ1) is 18.0. The van der Waals surface area contributed by atoms with E-state index in [1.165, 1.54) is 10.5 Å². The van der Waals surface area contributed by atoms with E-state index in [4.69, 9.17) is 10.5 Å². The summed E-state index contributed by atoms with van der Waals surface area (Å²) in [5.41, 5.74) is 9.51. The van der Waals surface area contributed by atoms with Gasteiger partial charge in [-0.1, -0.05) is 17.7 Å². The van der Waals surface area contributed by atoms with E-state index >= 15 is 0 Å². The Morgan fingerprint density at radius 1 is 1.33 bits per heavy atom. The fraction of sp³-hybridized carbons (Fsp3) is 0.400. The van der Waals surface area contributed by atoms with Gasteiger partial charge in [0.1, 0.15) is 11.6 Å². The van der Waals surface area contributed by atoms with Gasteiger partial charge in [-0.2, -0.15) is 5.26 Å². The normalized spacial score (nSPS) is 18.9. The van der Waals surface area contributed by atoms with Gasteiger partial charge in [0.15, 0.2) is 0 Å². The molecule has 1 aromatic carbocycles. The number of thioether (sulfide) groups is 1. The van der Waals surface area contributed by atoms with E-state index in [2.05, 4.69) is 59.4 Å². The number of ether oxygens (including phenoxy) is 1. The second-order valence-electron chi connectivity index (χ2n) is 7.32. The summed E-state index contributed by atoms with van der Waals surface area (Å²) in [5, 5.41) is 17.3. The number of aromatic amines is 1. The Balaban J connectivity index is 1.69. The number of fused-ring (bicyclic) bond motifs is 2. The summed E-state index contributed by atoms with van der Waals surface area (Å²) in [6.07, 6.45) is 1.68. The lowest BCUT2D eigenvalue weighted by molar-refractivity contribution is 0.197. The number of aryl methyl sites for hydroxylation is 1. The number of nitrogens with zero attached hydrogens (tertiary/aromatic N) is 3. The highest BCUT2D eigenvalue weighted by molar-refractivity contribution is 7.98. The molecule has 1 spiro atoms. The first-order valence-electron chi connectivity index (χ1n) is 9.07. The Hall–Kier alpha value is -2.43. The van der Waals surface area contributed by atoms with E-state index < -0.39 is 5.41 Å². The predicted molar refractivity (Wildman–Crippen MR) is 105 cm³/mol. The van der Waals surface area contributed by atoms with E-state index in [0.29, 0.717) is 11.5 Å². The fourth-order valence-electron chi connectivity index (χ4n) is 4.00. The molecular formula is C20H23N5OS. The van der Waals surface area contributed by atoms with Crippen molar-refractivity contribution in [3.8, 4) is 11.9 Å². The minimum atomic E-state index is -0.408. The molecule has 0 saturated carbocycles. The van der Waals surface area contributed by atoms with Gasteiger partial charge in [-0.25, -0.2) is 0 Å².